The van der Waals surface area contributed by atoms with Crippen LogP contribution in [0.4, 0.5) is 0 Å². The van der Waals surface area contributed by atoms with E-state index >= 15 is 0 Å². The summed E-state index contributed by atoms with van der Waals surface area (Å²) in [7, 11) is -4.29. The summed E-state index contributed by atoms with van der Waals surface area (Å²) in [5.74, 6) is -0.381. The van der Waals surface area contributed by atoms with Gasteiger partial charge in [-0.2, -0.15) is 0 Å². The van der Waals surface area contributed by atoms with Crippen molar-refractivity contribution in [3.05, 3.63) is 12.2 Å². The van der Waals surface area contributed by atoms with Gasteiger partial charge in [-0.3, -0.25) is 9.36 Å². The Morgan fingerprint density at radius 3 is 1.97 bits per heavy atom. The van der Waals surface area contributed by atoms with Gasteiger partial charge in [0.15, 0.2) is 0 Å². The molecule has 0 saturated heterocycles. The van der Waals surface area contributed by atoms with E-state index in [9.17, 15) is 14.5 Å². The van der Waals surface area contributed by atoms with Crippen LogP contribution in [0.3, 0.4) is 0 Å². The second kappa shape index (κ2) is 19.5. The molecule has 0 aromatic heterocycles. The van der Waals surface area contributed by atoms with E-state index in [1.54, 1.807) is 0 Å². The highest BCUT2D eigenvalue weighted by atomic mass is 79.9. The fraction of sp³-hybridized carbons (Fsp3) is 0.864. The first-order valence-electron chi connectivity index (χ1n) is 11.4. The number of unbranched alkanes of at least 4 members (excludes halogenated alkanes) is 11. The van der Waals surface area contributed by atoms with Crippen molar-refractivity contribution in [2.24, 2.45) is 0 Å². The Labute approximate surface area is 191 Å². The number of carbonyl (C=O) groups is 1. The summed E-state index contributed by atoms with van der Waals surface area (Å²) < 4.78 is 14.8. The molecular formula is C22H42BrO6P. The average molecular weight is 513 g/mol. The summed E-state index contributed by atoms with van der Waals surface area (Å²) in [6.07, 6.45) is 19.1. The van der Waals surface area contributed by atoms with Gasteiger partial charge in [0.1, 0.15) is 11.2 Å². The lowest BCUT2D eigenvalue weighted by atomic mass is 10.1. The van der Waals surface area contributed by atoms with Crippen LogP contribution < -0.4 is 0 Å². The van der Waals surface area contributed by atoms with Gasteiger partial charge >= 0.3 is 13.6 Å². The van der Waals surface area contributed by atoms with Gasteiger partial charge < -0.3 is 19.6 Å². The Morgan fingerprint density at radius 2 is 1.43 bits per heavy atom. The Kier molecular flexibility index (Phi) is 19.4. The fourth-order valence-corrected chi connectivity index (χ4v) is 3.98. The van der Waals surface area contributed by atoms with Crippen LogP contribution in [0.1, 0.15) is 103 Å². The smallest absolute Gasteiger partial charge is 0.339 e. The lowest BCUT2D eigenvalue weighted by Gasteiger charge is -2.16. The minimum atomic E-state index is -4.29. The van der Waals surface area contributed by atoms with Crippen LogP contribution in [-0.4, -0.2) is 38.1 Å². The summed E-state index contributed by atoms with van der Waals surface area (Å²) in [4.78, 5) is 29.6. The number of rotatable bonds is 20. The number of aliphatic hydroxyl groups excluding tert-OH is 1. The zero-order valence-electron chi connectivity index (χ0n) is 18.5. The third-order valence-corrected chi connectivity index (χ3v) is 7.83. The van der Waals surface area contributed by atoms with Gasteiger partial charge in [0, 0.05) is 12.8 Å². The van der Waals surface area contributed by atoms with Crippen molar-refractivity contribution < 1.29 is 29.0 Å². The molecule has 0 aliphatic rings. The molecule has 0 amide bonds. The van der Waals surface area contributed by atoms with Crippen molar-refractivity contribution in [2.45, 2.75) is 114 Å². The third kappa shape index (κ3) is 19.7. The van der Waals surface area contributed by atoms with E-state index in [1.165, 1.54) is 51.4 Å². The number of hydrogen-bond donors (Lipinski definition) is 3. The second-order valence-corrected chi connectivity index (χ2v) is 11.5. The van der Waals surface area contributed by atoms with E-state index in [4.69, 9.17) is 14.5 Å². The summed E-state index contributed by atoms with van der Waals surface area (Å²) in [5, 5.41) is 9.68. The average Bonchev–Trinajstić information content (AvgIpc) is 2.68. The normalized spacial score (nSPS) is 14.2. The van der Waals surface area contributed by atoms with Gasteiger partial charge in [-0.25, -0.2) is 0 Å². The molecule has 0 aromatic rings. The topological polar surface area (TPSA) is 104 Å². The highest BCUT2D eigenvalue weighted by molar-refractivity contribution is 9.10. The first-order chi connectivity index (χ1) is 14.3. The number of aliphatic hydroxyl groups is 1. The third-order valence-electron chi connectivity index (χ3n) is 4.91. The molecule has 0 aromatic carbocycles. The lowest BCUT2D eigenvalue weighted by molar-refractivity contribution is -0.146. The zero-order chi connectivity index (χ0) is 22.7. The molecule has 178 valence electrons. The molecule has 0 bridgehead atoms. The Bertz CT molecular complexity index is 494. The van der Waals surface area contributed by atoms with E-state index in [0.29, 0.717) is 6.42 Å². The van der Waals surface area contributed by atoms with Crippen LogP contribution in [0.25, 0.3) is 0 Å². The molecule has 8 heteroatoms. The van der Waals surface area contributed by atoms with Crippen LogP contribution in [-0.2, 0) is 14.1 Å². The second-order valence-electron chi connectivity index (χ2n) is 7.93. The van der Waals surface area contributed by atoms with Gasteiger partial charge in [-0.1, -0.05) is 86.4 Å². The van der Waals surface area contributed by atoms with Gasteiger partial charge in [0.05, 0.1) is 6.10 Å². The molecular weight excluding hydrogens is 471 g/mol. The summed E-state index contributed by atoms with van der Waals surface area (Å²) in [5.41, 5.74) is 0. The van der Waals surface area contributed by atoms with E-state index in [-0.39, 0.29) is 19.0 Å². The predicted molar refractivity (Wildman–Crippen MR) is 126 cm³/mol. The zero-order valence-corrected chi connectivity index (χ0v) is 21.0. The quantitative estimate of drug-likeness (QED) is 0.0587. The molecule has 0 fully saturated rings. The highest BCUT2D eigenvalue weighted by Gasteiger charge is 2.28. The molecule has 2 atom stereocenters. The van der Waals surface area contributed by atoms with Crippen molar-refractivity contribution in [1.29, 1.82) is 0 Å². The number of ether oxygens (including phenoxy) is 1. The van der Waals surface area contributed by atoms with Crippen molar-refractivity contribution >= 4 is 29.5 Å². The minimum absolute atomic E-state index is 0.176. The van der Waals surface area contributed by atoms with E-state index in [1.807, 2.05) is 0 Å². The van der Waals surface area contributed by atoms with Crippen LogP contribution >= 0.6 is 23.5 Å². The summed E-state index contributed by atoms with van der Waals surface area (Å²) >= 11 is 2.84. The maximum atomic E-state index is 11.7. The molecule has 0 spiro atoms. The molecule has 1 unspecified atom stereocenters. The van der Waals surface area contributed by atoms with E-state index in [0.717, 1.165) is 32.1 Å². The minimum Gasteiger partial charge on any atom is -0.463 e. The molecule has 0 heterocycles. The molecule has 6 nitrogen and oxygen atoms in total. The van der Waals surface area contributed by atoms with Crippen LogP contribution in [0, 0.1) is 0 Å². The Balaban J connectivity index is 3.46. The predicted octanol–water partition coefficient (Wildman–Crippen LogP) is 6.22. The number of allylic oxidation sites excluding steroid dienone is 2. The fourth-order valence-electron chi connectivity index (χ4n) is 3.03. The van der Waals surface area contributed by atoms with Crippen molar-refractivity contribution in [1.82, 2.24) is 0 Å². The van der Waals surface area contributed by atoms with Crippen LogP contribution in [0.15, 0.2) is 12.2 Å². The molecule has 3 N–H and O–H groups in total. The molecule has 0 saturated carbocycles. The molecule has 0 aliphatic heterocycles. The number of carbonyl (C=O) groups excluding carboxylic acids is 1. The van der Waals surface area contributed by atoms with E-state index < -0.39 is 18.3 Å². The number of halogens is 1. The van der Waals surface area contributed by atoms with Crippen LogP contribution in [0.5, 0.6) is 0 Å². The number of hydrogen-bond acceptors (Lipinski definition) is 4. The monoisotopic (exact) mass is 512 g/mol. The maximum absolute atomic E-state index is 11.7. The summed E-state index contributed by atoms with van der Waals surface area (Å²) in [6.45, 7) is 2.00. The van der Waals surface area contributed by atoms with Crippen molar-refractivity contribution in [3.8, 4) is 0 Å². The maximum Gasteiger partial charge on any atom is 0.339 e. The first kappa shape index (κ1) is 29.8. The van der Waals surface area contributed by atoms with Gasteiger partial charge in [0.2, 0.25) is 0 Å². The van der Waals surface area contributed by atoms with Gasteiger partial charge in [-0.05, 0) is 32.1 Å². The highest BCUT2D eigenvalue weighted by Crippen LogP contribution is 2.46. The Morgan fingerprint density at radius 1 is 0.933 bits per heavy atom. The SMILES string of the molecule is CCCCCCCC/C=C\CCCCCCCC(=O)OC[C@@H](O)CC(Br)P(=O)(O)O. The Hall–Kier alpha value is -0.200. The number of alkyl halides is 1. The van der Waals surface area contributed by atoms with Gasteiger partial charge in [0.25, 0.3) is 0 Å². The first-order valence-corrected chi connectivity index (χ1v) is 14.0. The molecule has 0 radical (unpaired) electrons. The molecule has 0 rings (SSSR count). The molecule has 0 aliphatic carbocycles. The van der Waals surface area contributed by atoms with Crippen molar-refractivity contribution in [3.63, 3.8) is 0 Å². The van der Waals surface area contributed by atoms with Gasteiger partial charge in [-0.15, -0.1) is 0 Å². The lowest BCUT2D eigenvalue weighted by Crippen LogP contribution is -2.22. The molecule has 30 heavy (non-hydrogen) atoms. The van der Waals surface area contributed by atoms with E-state index in [2.05, 4.69) is 35.0 Å². The van der Waals surface area contributed by atoms with Crippen molar-refractivity contribution in [2.75, 3.05) is 6.61 Å². The van der Waals surface area contributed by atoms with Crippen LogP contribution in [0.2, 0.25) is 0 Å². The number of esters is 1. The standard InChI is InChI=1S/C22H42BrO6P/c1-2-3-4-5-6-7-8-9-10-11-12-13-14-15-16-17-22(25)29-19-20(24)18-21(23)30(26,27)28/h9-10,20-21,24H,2-8,11-19H2,1H3,(H2,26,27,28)/b10-9-/t20-,21?/m0/s1. The largest absolute Gasteiger partial charge is 0.463 e. The summed E-state index contributed by atoms with van der Waals surface area (Å²) in [6, 6.07) is 0.